The Balaban J connectivity index is 2.51. The molecule has 0 aliphatic heterocycles. The SMILES string of the molecule is CC(C)C1(C(N)=O)Cc2ccccc21. The molecule has 0 saturated heterocycles. The van der Waals surface area contributed by atoms with Crippen LogP contribution >= 0.6 is 0 Å². The Bertz CT molecular complexity index is 384. The van der Waals surface area contributed by atoms with Crippen LogP contribution in [0.25, 0.3) is 0 Å². The minimum Gasteiger partial charge on any atom is -0.369 e. The normalized spacial score (nSPS) is 24.2. The molecule has 1 atom stereocenters. The molecule has 0 bridgehead atoms. The van der Waals surface area contributed by atoms with Gasteiger partial charge >= 0.3 is 0 Å². The third-order valence-corrected chi connectivity index (χ3v) is 3.39. The topological polar surface area (TPSA) is 43.1 Å². The third-order valence-electron chi connectivity index (χ3n) is 3.39. The van der Waals surface area contributed by atoms with Gasteiger partial charge in [-0.15, -0.1) is 0 Å². The average molecular weight is 189 g/mol. The number of hydrogen-bond donors (Lipinski definition) is 1. The maximum Gasteiger partial charge on any atom is 0.228 e. The predicted octanol–water partition coefficient (Wildman–Crippen LogP) is 1.62. The molecule has 0 radical (unpaired) electrons. The van der Waals surface area contributed by atoms with Crippen molar-refractivity contribution in [3.63, 3.8) is 0 Å². The number of benzene rings is 1. The molecule has 0 spiro atoms. The largest absolute Gasteiger partial charge is 0.369 e. The summed E-state index contributed by atoms with van der Waals surface area (Å²) in [5.41, 5.74) is 7.49. The molecular formula is C12H15NO. The van der Waals surface area contributed by atoms with Crippen LogP contribution in [0.2, 0.25) is 0 Å². The van der Waals surface area contributed by atoms with Gasteiger partial charge in [-0.05, 0) is 23.5 Å². The van der Waals surface area contributed by atoms with E-state index in [2.05, 4.69) is 19.9 Å². The predicted molar refractivity (Wildman–Crippen MR) is 55.9 cm³/mol. The van der Waals surface area contributed by atoms with Crippen molar-refractivity contribution in [1.29, 1.82) is 0 Å². The highest BCUT2D eigenvalue weighted by Gasteiger charge is 2.49. The van der Waals surface area contributed by atoms with Crippen molar-refractivity contribution in [1.82, 2.24) is 0 Å². The van der Waals surface area contributed by atoms with Gasteiger partial charge in [0.15, 0.2) is 0 Å². The molecule has 2 heteroatoms. The van der Waals surface area contributed by atoms with E-state index in [0.717, 1.165) is 12.0 Å². The van der Waals surface area contributed by atoms with Crippen molar-refractivity contribution in [3.8, 4) is 0 Å². The van der Waals surface area contributed by atoms with Crippen LogP contribution in [0, 0.1) is 5.92 Å². The fraction of sp³-hybridized carbons (Fsp3) is 0.417. The summed E-state index contributed by atoms with van der Waals surface area (Å²) in [7, 11) is 0. The van der Waals surface area contributed by atoms with Crippen molar-refractivity contribution in [2.75, 3.05) is 0 Å². The minimum atomic E-state index is -0.406. The summed E-state index contributed by atoms with van der Waals surface area (Å²) in [6, 6.07) is 8.06. The molecule has 0 aromatic heterocycles. The maximum atomic E-state index is 11.5. The van der Waals surface area contributed by atoms with Crippen LogP contribution in [0.4, 0.5) is 0 Å². The highest BCUT2D eigenvalue weighted by Crippen LogP contribution is 2.46. The Hall–Kier alpha value is -1.31. The van der Waals surface area contributed by atoms with E-state index in [-0.39, 0.29) is 11.8 Å². The Kier molecular flexibility index (Phi) is 1.88. The fourth-order valence-corrected chi connectivity index (χ4v) is 2.42. The van der Waals surface area contributed by atoms with Crippen LogP contribution in [-0.2, 0) is 16.6 Å². The Labute approximate surface area is 84.1 Å². The highest BCUT2D eigenvalue weighted by molar-refractivity contribution is 5.90. The molecule has 2 rings (SSSR count). The van der Waals surface area contributed by atoms with Crippen molar-refractivity contribution in [2.24, 2.45) is 11.7 Å². The van der Waals surface area contributed by atoms with Crippen LogP contribution in [0.15, 0.2) is 24.3 Å². The fourth-order valence-electron chi connectivity index (χ4n) is 2.42. The first-order valence-electron chi connectivity index (χ1n) is 4.97. The lowest BCUT2D eigenvalue weighted by Crippen LogP contribution is -2.53. The van der Waals surface area contributed by atoms with E-state index in [1.54, 1.807) is 0 Å². The van der Waals surface area contributed by atoms with Crippen molar-refractivity contribution >= 4 is 5.91 Å². The molecule has 0 heterocycles. The second-order valence-corrected chi connectivity index (χ2v) is 4.32. The van der Waals surface area contributed by atoms with Gasteiger partial charge in [-0.25, -0.2) is 0 Å². The first-order chi connectivity index (χ1) is 6.59. The van der Waals surface area contributed by atoms with Crippen molar-refractivity contribution in [2.45, 2.75) is 25.7 Å². The van der Waals surface area contributed by atoms with E-state index >= 15 is 0 Å². The molecular weight excluding hydrogens is 174 g/mol. The van der Waals surface area contributed by atoms with Crippen LogP contribution in [-0.4, -0.2) is 5.91 Å². The number of hydrogen-bond acceptors (Lipinski definition) is 1. The first-order valence-corrected chi connectivity index (χ1v) is 4.97. The van der Waals surface area contributed by atoms with Gasteiger partial charge in [-0.3, -0.25) is 4.79 Å². The van der Waals surface area contributed by atoms with Crippen LogP contribution in [0.1, 0.15) is 25.0 Å². The molecule has 1 aromatic rings. The summed E-state index contributed by atoms with van der Waals surface area (Å²) in [5, 5.41) is 0. The number of amides is 1. The maximum absolute atomic E-state index is 11.5. The second-order valence-electron chi connectivity index (χ2n) is 4.32. The van der Waals surface area contributed by atoms with Crippen LogP contribution < -0.4 is 5.73 Å². The van der Waals surface area contributed by atoms with Gasteiger partial charge in [0.2, 0.25) is 5.91 Å². The van der Waals surface area contributed by atoms with Crippen LogP contribution in [0.5, 0.6) is 0 Å². The van der Waals surface area contributed by atoms with Gasteiger partial charge in [0.05, 0.1) is 5.41 Å². The quantitative estimate of drug-likeness (QED) is 0.754. The van der Waals surface area contributed by atoms with Gasteiger partial charge in [-0.1, -0.05) is 38.1 Å². The highest BCUT2D eigenvalue weighted by atomic mass is 16.1. The van der Waals surface area contributed by atoms with Crippen LogP contribution in [0.3, 0.4) is 0 Å². The Morgan fingerprint density at radius 2 is 2.07 bits per heavy atom. The summed E-state index contributed by atoms with van der Waals surface area (Å²) in [5.74, 6) is 0.0844. The summed E-state index contributed by atoms with van der Waals surface area (Å²) in [4.78, 5) is 11.5. The summed E-state index contributed by atoms with van der Waals surface area (Å²) < 4.78 is 0. The number of fused-ring (bicyclic) bond motifs is 1. The summed E-state index contributed by atoms with van der Waals surface area (Å²) in [6.45, 7) is 4.11. The van der Waals surface area contributed by atoms with Gasteiger partial charge in [0.25, 0.3) is 0 Å². The number of rotatable bonds is 2. The third kappa shape index (κ3) is 0.939. The summed E-state index contributed by atoms with van der Waals surface area (Å²) >= 11 is 0. The molecule has 1 aliphatic rings. The standard InChI is InChI=1S/C12H15NO/c1-8(2)12(11(13)14)7-9-5-3-4-6-10(9)12/h3-6,8H,7H2,1-2H3,(H2,13,14). The van der Waals surface area contributed by atoms with Gasteiger partial charge in [0, 0.05) is 0 Å². The molecule has 1 amide bonds. The van der Waals surface area contributed by atoms with E-state index in [1.165, 1.54) is 5.56 Å². The van der Waals surface area contributed by atoms with E-state index in [0.29, 0.717) is 0 Å². The van der Waals surface area contributed by atoms with E-state index in [1.807, 2.05) is 18.2 Å². The van der Waals surface area contributed by atoms with E-state index < -0.39 is 5.41 Å². The number of nitrogens with two attached hydrogens (primary N) is 1. The second kappa shape index (κ2) is 2.84. The zero-order valence-electron chi connectivity index (χ0n) is 8.58. The van der Waals surface area contributed by atoms with Crippen molar-refractivity contribution < 1.29 is 4.79 Å². The number of primary amides is 1. The summed E-state index contributed by atoms with van der Waals surface area (Å²) in [6.07, 6.45) is 0.802. The lowest BCUT2D eigenvalue weighted by molar-refractivity contribution is -0.126. The lowest BCUT2D eigenvalue weighted by Gasteiger charge is -2.44. The molecule has 14 heavy (non-hydrogen) atoms. The smallest absolute Gasteiger partial charge is 0.228 e. The minimum absolute atomic E-state index is 0.189. The molecule has 1 aliphatic carbocycles. The number of carbonyl (C=O) groups excluding carboxylic acids is 1. The van der Waals surface area contributed by atoms with E-state index in [4.69, 9.17) is 5.73 Å². The van der Waals surface area contributed by atoms with Gasteiger partial charge < -0.3 is 5.73 Å². The first kappa shape index (κ1) is 9.25. The number of carbonyl (C=O) groups is 1. The molecule has 1 unspecified atom stereocenters. The Morgan fingerprint density at radius 3 is 2.57 bits per heavy atom. The van der Waals surface area contributed by atoms with E-state index in [9.17, 15) is 4.79 Å². The molecule has 0 fully saturated rings. The monoisotopic (exact) mass is 189 g/mol. The molecule has 2 nitrogen and oxygen atoms in total. The zero-order valence-corrected chi connectivity index (χ0v) is 8.58. The molecule has 0 saturated carbocycles. The Morgan fingerprint density at radius 1 is 1.43 bits per heavy atom. The average Bonchev–Trinajstić information content (AvgIpc) is 2.06. The molecule has 74 valence electrons. The van der Waals surface area contributed by atoms with Gasteiger partial charge in [0.1, 0.15) is 0 Å². The lowest BCUT2D eigenvalue weighted by atomic mass is 9.58. The van der Waals surface area contributed by atoms with Crippen molar-refractivity contribution in [3.05, 3.63) is 35.4 Å². The van der Waals surface area contributed by atoms with Gasteiger partial charge in [-0.2, -0.15) is 0 Å². The molecule has 1 aromatic carbocycles. The zero-order chi connectivity index (χ0) is 10.3. The molecule has 2 N–H and O–H groups in total.